The van der Waals surface area contributed by atoms with Gasteiger partial charge in [-0.1, -0.05) is 24.3 Å². The third-order valence-corrected chi connectivity index (χ3v) is 6.33. The van der Waals surface area contributed by atoms with E-state index < -0.39 is 10.0 Å². The number of hydrogen-bond acceptors (Lipinski definition) is 5. The van der Waals surface area contributed by atoms with Crippen molar-refractivity contribution in [2.75, 3.05) is 31.5 Å². The highest BCUT2D eigenvalue weighted by Crippen LogP contribution is 2.21. The average molecular weight is 469 g/mol. The Morgan fingerprint density at radius 1 is 0.970 bits per heavy atom. The molecule has 3 aromatic carbocycles. The van der Waals surface area contributed by atoms with Gasteiger partial charge in [-0.15, -0.1) is 0 Å². The first kappa shape index (κ1) is 24.1. The molecule has 3 aromatic rings. The molecule has 0 bridgehead atoms. The fourth-order valence-corrected chi connectivity index (χ4v) is 4.19. The van der Waals surface area contributed by atoms with Crippen LogP contribution >= 0.6 is 0 Å². The van der Waals surface area contributed by atoms with E-state index in [9.17, 15) is 13.2 Å². The van der Waals surface area contributed by atoms with E-state index >= 15 is 0 Å². The van der Waals surface area contributed by atoms with E-state index in [-0.39, 0.29) is 10.8 Å². The second-order valence-electron chi connectivity index (χ2n) is 7.43. The molecule has 0 unspecified atom stereocenters. The number of ether oxygens (including phenoxy) is 2. The molecule has 1 amide bonds. The monoisotopic (exact) mass is 468 g/mol. The Kier molecular flexibility index (Phi) is 7.95. The first-order chi connectivity index (χ1) is 15.8. The predicted octanol–water partition coefficient (Wildman–Crippen LogP) is 4.35. The van der Waals surface area contributed by atoms with Gasteiger partial charge >= 0.3 is 0 Å². The molecule has 0 fully saturated rings. The molecule has 0 aliphatic rings. The fraction of sp³-hybridized carbons (Fsp3) is 0.240. The second kappa shape index (κ2) is 10.9. The van der Waals surface area contributed by atoms with Crippen molar-refractivity contribution >= 4 is 21.6 Å². The van der Waals surface area contributed by atoms with E-state index in [0.29, 0.717) is 36.8 Å². The van der Waals surface area contributed by atoms with Crippen LogP contribution in [0.4, 0.5) is 5.69 Å². The minimum atomic E-state index is -3.81. The molecule has 0 radical (unpaired) electrons. The number of benzene rings is 3. The Hall–Kier alpha value is -3.52. The van der Waals surface area contributed by atoms with E-state index in [1.54, 1.807) is 42.3 Å². The van der Waals surface area contributed by atoms with Gasteiger partial charge in [-0.3, -0.25) is 9.52 Å². The van der Waals surface area contributed by atoms with Crippen LogP contribution in [0.2, 0.25) is 0 Å². The van der Waals surface area contributed by atoms with Crippen LogP contribution in [0, 0.1) is 6.92 Å². The van der Waals surface area contributed by atoms with Gasteiger partial charge in [0.05, 0.1) is 18.0 Å². The minimum Gasteiger partial charge on any atom is -0.494 e. The summed E-state index contributed by atoms with van der Waals surface area (Å²) in [7, 11) is -2.13. The number of para-hydroxylation sites is 1. The van der Waals surface area contributed by atoms with Crippen molar-refractivity contribution < 1.29 is 22.7 Å². The number of aryl methyl sites for hydroxylation is 1. The summed E-state index contributed by atoms with van der Waals surface area (Å²) in [5.41, 5.74) is 1.71. The number of carbonyl (C=O) groups is 1. The van der Waals surface area contributed by atoms with Crippen LogP contribution in [0.3, 0.4) is 0 Å². The summed E-state index contributed by atoms with van der Waals surface area (Å²) in [5.74, 6) is 1.15. The van der Waals surface area contributed by atoms with Gasteiger partial charge in [0.15, 0.2) is 0 Å². The number of rotatable bonds is 10. The van der Waals surface area contributed by atoms with Crippen LogP contribution in [-0.4, -0.2) is 46.0 Å². The van der Waals surface area contributed by atoms with Gasteiger partial charge in [0.25, 0.3) is 15.9 Å². The molecule has 1 N–H and O–H groups in total. The number of nitrogens with one attached hydrogen (secondary N) is 1. The highest BCUT2D eigenvalue weighted by Gasteiger charge is 2.17. The van der Waals surface area contributed by atoms with Gasteiger partial charge in [-0.2, -0.15) is 0 Å². The van der Waals surface area contributed by atoms with Crippen molar-refractivity contribution in [3.8, 4) is 11.5 Å². The van der Waals surface area contributed by atoms with Crippen LogP contribution in [0.15, 0.2) is 77.7 Å². The van der Waals surface area contributed by atoms with Crippen LogP contribution in [0.5, 0.6) is 11.5 Å². The lowest BCUT2D eigenvalue weighted by Gasteiger charge is -2.18. The highest BCUT2D eigenvalue weighted by molar-refractivity contribution is 7.92. The molecule has 0 heterocycles. The van der Waals surface area contributed by atoms with Gasteiger partial charge < -0.3 is 14.4 Å². The zero-order chi connectivity index (χ0) is 23.8. The smallest absolute Gasteiger partial charge is 0.261 e. The first-order valence-corrected chi connectivity index (χ1v) is 12.1. The summed E-state index contributed by atoms with van der Waals surface area (Å²) in [4.78, 5) is 14.5. The Morgan fingerprint density at radius 3 is 2.39 bits per heavy atom. The third kappa shape index (κ3) is 6.49. The van der Waals surface area contributed by atoms with Crippen LogP contribution in [0.25, 0.3) is 0 Å². The van der Waals surface area contributed by atoms with Crippen molar-refractivity contribution in [1.29, 1.82) is 0 Å². The molecular formula is C25H28N2O5S. The summed E-state index contributed by atoms with van der Waals surface area (Å²) in [6, 6.07) is 20.3. The number of amides is 1. The van der Waals surface area contributed by atoms with Crippen LogP contribution in [-0.2, 0) is 10.0 Å². The molecule has 174 valence electrons. The van der Waals surface area contributed by atoms with Gasteiger partial charge in [0, 0.05) is 18.3 Å². The van der Waals surface area contributed by atoms with E-state index in [2.05, 4.69) is 4.72 Å². The normalized spacial score (nSPS) is 11.0. The maximum Gasteiger partial charge on any atom is 0.261 e. The number of anilines is 1. The molecule has 0 saturated carbocycles. The molecule has 0 aliphatic carbocycles. The van der Waals surface area contributed by atoms with Gasteiger partial charge in [-0.05, 0) is 67.9 Å². The summed E-state index contributed by atoms with van der Waals surface area (Å²) in [6.07, 6.45) is 0. The average Bonchev–Trinajstić information content (AvgIpc) is 2.80. The Balaban J connectivity index is 1.63. The quantitative estimate of drug-likeness (QED) is 0.478. The Labute approximate surface area is 195 Å². The Morgan fingerprint density at radius 2 is 1.70 bits per heavy atom. The van der Waals surface area contributed by atoms with Gasteiger partial charge in [-0.25, -0.2) is 8.42 Å². The van der Waals surface area contributed by atoms with E-state index in [0.717, 1.165) is 11.3 Å². The summed E-state index contributed by atoms with van der Waals surface area (Å²) >= 11 is 0. The predicted molar refractivity (Wildman–Crippen MR) is 128 cm³/mol. The number of nitrogens with zero attached hydrogens (tertiary/aromatic N) is 1. The molecule has 0 aromatic heterocycles. The first-order valence-electron chi connectivity index (χ1n) is 10.6. The van der Waals surface area contributed by atoms with Crippen molar-refractivity contribution in [1.82, 2.24) is 4.90 Å². The number of sulfonamides is 1. The molecule has 0 saturated heterocycles. The largest absolute Gasteiger partial charge is 0.494 e. The molecule has 3 rings (SSSR count). The highest BCUT2D eigenvalue weighted by atomic mass is 32.2. The topological polar surface area (TPSA) is 84.9 Å². The van der Waals surface area contributed by atoms with Crippen molar-refractivity contribution in [3.63, 3.8) is 0 Å². The lowest BCUT2D eigenvalue weighted by Crippen LogP contribution is -2.31. The molecule has 7 nitrogen and oxygen atoms in total. The second-order valence-corrected chi connectivity index (χ2v) is 9.11. The lowest BCUT2D eigenvalue weighted by molar-refractivity contribution is 0.0773. The van der Waals surface area contributed by atoms with Crippen LogP contribution in [0.1, 0.15) is 22.8 Å². The van der Waals surface area contributed by atoms with Crippen molar-refractivity contribution in [2.24, 2.45) is 0 Å². The van der Waals surface area contributed by atoms with Crippen molar-refractivity contribution in [2.45, 2.75) is 18.7 Å². The van der Waals surface area contributed by atoms with E-state index in [4.69, 9.17) is 9.47 Å². The molecular weight excluding hydrogens is 440 g/mol. The van der Waals surface area contributed by atoms with Crippen molar-refractivity contribution in [3.05, 3.63) is 83.9 Å². The zero-order valence-electron chi connectivity index (χ0n) is 18.9. The molecule has 0 atom stereocenters. The summed E-state index contributed by atoms with van der Waals surface area (Å²) < 4.78 is 39.1. The minimum absolute atomic E-state index is 0.105. The maximum absolute atomic E-state index is 12.8. The maximum atomic E-state index is 12.8. The SMILES string of the molecule is CCOc1ccc(S(=O)(=O)Nc2cccc(C(=O)N(C)CCOc3ccccc3C)c2)cc1. The molecule has 8 heteroatoms. The van der Waals surface area contributed by atoms with E-state index in [1.165, 1.54) is 18.2 Å². The van der Waals surface area contributed by atoms with Gasteiger partial charge in [0.1, 0.15) is 18.1 Å². The molecule has 0 spiro atoms. The van der Waals surface area contributed by atoms with Crippen LogP contribution < -0.4 is 14.2 Å². The summed E-state index contributed by atoms with van der Waals surface area (Å²) in [6.45, 7) is 5.04. The van der Waals surface area contributed by atoms with E-state index in [1.807, 2.05) is 38.1 Å². The summed E-state index contributed by atoms with van der Waals surface area (Å²) in [5, 5.41) is 0. The Bertz CT molecular complexity index is 1190. The lowest BCUT2D eigenvalue weighted by atomic mass is 10.2. The zero-order valence-corrected chi connectivity index (χ0v) is 19.8. The molecule has 33 heavy (non-hydrogen) atoms. The number of likely N-dealkylation sites (N-methyl/N-ethyl adjacent to an activating group) is 1. The number of hydrogen-bond donors (Lipinski definition) is 1. The third-order valence-electron chi connectivity index (χ3n) is 4.93. The standard InChI is InChI=1S/C25H28N2O5S/c1-4-31-22-12-14-23(15-13-22)33(29,30)26-21-10-7-9-20(18-21)25(28)27(3)16-17-32-24-11-6-5-8-19(24)2/h5-15,18,26H,4,16-17H2,1-3H3. The van der Waals surface area contributed by atoms with Gasteiger partial charge in [0.2, 0.25) is 0 Å². The molecule has 0 aliphatic heterocycles. The fourth-order valence-electron chi connectivity index (χ4n) is 3.14. The number of carbonyl (C=O) groups excluding carboxylic acids is 1.